The number of benzene rings is 1. The van der Waals surface area contributed by atoms with Crippen LogP contribution < -0.4 is 4.74 Å². The second-order valence-electron chi connectivity index (χ2n) is 6.33. The predicted octanol–water partition coefficient (Wildman–Crippen LogP) is 4.76. The highest BCUT2D eigenvalue weighted by Crippen LogP contribution is 2.33. The van der Waals surface area contributed by atoms with Crippen molar-refractivity contribution in [2.75, 3.05) is 12.4 Å². The Hall–Kier alpha value is -2.47. The van der Waals surface area contributed by atoms with E-state index in [0.717, 1.165) is 34.6 Å². The minimum absolute atomic E-state index is 0.0579. The minimum Gasteiger partial charge on any atom is -0.507 e. The molecule has 0 spiro atoms. The van der Waals surface area contributed by atoms with Gasteiger partial charge in [0.05, 0.1) is 28.8 Å². The molecule has 0 saturated carbocycles. The summed E-state index contributed by atoms with van der Waals surface area (Å²) < 4.78 is 7.78. The largest absolute Gasteiger partial charge is 0.507 e. The summed E-state index contributed by atoms with van der Waals surface area (Å²) in [6.07, 6.45) is 6.25. The van der Waals surface area contributed by atoms with Gasteiger partial charge in [0.15, 0.2) is 5.78 Å². The van der Waals surface area contributed by atoms with E-state index in [1.807, 2.05) is 36.0 Å². The fourth-order valence-corrected chi connectivity index (χ4v) is 3.89. The summed E-state index contributed by atoms with van der Waals surface area (Å²) in [6, 6.07) is 9.46. The molecule has 3 rings (SSSR count). The van der Waals surface area contributed by atoms with Crippen molar-refractivity contribution in [3.05, 3.63) is 53.9 Å². The standard InChI is InChI=1S/C21H24N2O3S/c1-3-7-17-19(10-9-16(15(2)24)21(17)25)26-12-6-13-27-20-14-22-23-11-5-4-8-18(20)23/h4-5,8-11,14,25H,3,6-7,12-13H2,1-2H3. The van der Waals surface area contributed by atoms with E-state index in [9.17, 15) is 9.90 Å². The number of phenols is 1. The Bertz CT molecular complexity index is 936. The Balaban J connectivity index is 1.57. The number of fused-ring (bicyclic) bond motifs is 1. The first kappa shape index (κ1) is 19.3. The van der Waals surface area contributed by atoms with Crippen LogP contribution >= 0.6 is 11.8 Å². The molecule has 0 atom stereocenters. The lowest BCUT2D eigenvalue weighted by molar-refractivity contribution is 0.101. The van der Waals surface area contributed by atoms with E-state index in [1.54, 1.807) is 23.9 Å². The van der Waals surface area contributed by atoms with Crippen LogP contribution in [-0.4, -0.2) is 32.9 Å². The molecule has 0 fully saturated rings. The van der Waals surface area contributed by atoms with Crippen LogP contribution in [0.5, 0.6) is 11.5 Å². The van der Waals surface area contributed by atoms with Crippen molar-refractivity contribution in [2.45, 2.75) is 38.0 Å². The van der Waals surface area contributed by atoms with Crippen LogP contribution in [0.2, 0.25) is 0 Å². The van der Waals surface area contributed by atoms with Gasteiger partial charge >= 0.3 is 0 Å². The number of carbonyl (C=O) groups excluding carboxylic acids is 1. The van der Waals surface area contributed by atoms with Crippen molar-refractivity contribution in [3.63, 3.8) is 0 Å². The highest BCUT2D eigenvalue weighted by Gasteiger charge is 2.15. The zero-order valence-electron chi connectivity index (χ0n) is 15.6. The number of pyridine rings is 1. The van der Waals surface area contributed by atoms with Gasteiger partial charge in [-0.15, -0.1) is 11.8 Å². The summed E-state index contributed by atoms with van der Waals surface area (Å²) in [5.41, 5.74) is 2.19. The van der Waals surface area contributed by atoms with Gasteiger partial charge in [0, 0.05) is 17.5 Å². The average Bonchev–Trinajstić information content (AvgIpc) is 3.07. The first-order chi connectivity index (χ1) is 13.1. The van der Waals surface area contributed by atoms with Gasteiger partial charge in [-0.2, -0.15) is 5.10 Å². The summed E-state index contributed by atoms with van der Waals surface area (Å²) in [4.78, 5) is 12.8. The van der Waals surface area contributed by atoms with Crippen molar-refractivity contribution in [1.29, 1.82) is 0 Å². The van der Waals surface area contributed by atoms with Gasteiger partial charge in [-0.25, -0.2) is 4.52 Å². The topological polar surface area (TPSA) is 63.8 Å². The summed E-state index contributed by atoms with van der Waals surface area (Å²) in [5.74, 6) is 1.50. The van der Waals surface area contributed by atoms with Crippen molar-refractivity contribution in [1.82, 2.24) is 9.61 Å². The Morgan fingerprint density at radius 1 is 1.30 bits per heavy atom. The van der Waals surface area contributed by atoms with E-state index < -0.39 is 0 Å². The monoisotopic (exact) mass is 384 g/mol. The second kappa shape index (κ2) is 8.95. The Morgan fingerprint density at radius 3 is 2.93 bits per heavy atom. The van der Waals surface area contributed by atoms with Crippen LogP contribution in [0.4, 0.5) is 0 Å². The van der Waals surface area contributed by atoms with Crippen LogP contribution in [-0.2, 0) is 6.42 Å². The quantitative estimate of drug-likeness (QED) is 0.327. The molecule has 2 aromatic heterocycles. The van der Waals surface area contributed by atoms with Crippen LogP contribution in [0.15, 0.2) is 47.6 Å². The molecular weight excluding hydrogens is 360 g/mol. The fraction of sp³-hybridized carbons (Fsp3) is 0.333. The molecule has 27 heavy (non-hydrogen) atoms. The van der Waals surface area contributed by atoms with E-state index in [4.69, 9.17) is 4.74 Å². The normalized spacial score (nSPS) is 11.0. The first-order valence-electron chi connectivity index (χ1n) is 9.15. The Labute approximate surface area is 163 Å². The zero-order chi connectivity index (χ0) is 19.2. The third-order valence-electron chi connectivity index (χ3n) is 4.31. The van der Waals surface area contributed by atoms with Crippen molar-refractivity contribution in [2.24, 2.45) is 0 Å². The van der Waals surface area contributed by atoms with Crippen molar-refractivity contribution >= 4 is 23.1 Å². The van der Waals surface area contributed by atoms with Gasteiger partial charge in [-0.1, -0.05) is 19.4 Å². The summed E-state index contributed by atoms with van der Waals surface area (Å²) in [6.45, 7) is 4.06. The van der Waals surface area contributed by atoms with Crippen LogP contribution in [0.1, 0.15) is 42.6 Å². The minimum atomic E-state index is -0.138. The van der Waals surface area contributed by atoms with Gasteiger partial charge in [0.1, 0.15) is 11.5 Å². The number of ketones is 1. The maximum Gasteiger partial charge on any atom is 0.163 e. The lowest BCUT2D eigenvalue weighted by Gasteiger charge is -2.14. The molecule has 5 nitrogen and oxygen atoms in total. The van der Waals surface area contributed by atoms with Gasteiger partial charge in [-0.05, 0) is 44.0 Å². The van der Waals surface area contributed by atoms with E-state index >= 15 is 0 Å². The highest BCUT2D eigenvalue weighted by atomic mass is 32.2. The number of aromatic hydroxyl groups is 1. The average molecular weight is 385 g/mol. The number of nitrogens with zero attached hydrogens (tertiary/aromatic N) is 2. The van der Waals surface area contributed by atoms with Crippen molar-refractivity contribution < 1.29 is 14.6 Å². The molecule has 3 aromatic rings. The highest BCUT2D eigenvalue weighted by molar-refractivity contribution is 7.99. The molecule has 1 N–H and O–H groups in total. The second-order valence-corrected chi connectivity index (χ2v) is 7.47. The maximum atomic E-state index is 11.6. The molecule has 0 unspecified atom stereocenters. The molecule has 0 aliphatic carbocycles. The number of hydrogen-bond acceptors (Lipinski definition) is 5. The van der Waals surface area contributed by atoms with Gasteiger partial charge in [-0.3, -0.25) is 4.79 Å². The number of Topliss-reactive ketones (excluding diaryl/α,β-unsaturated/α-hetero) is 1. The van der Waals surface area contributed by atoms with E-state index in [2.05, 4.69) is 11.2 Å². The number of thioether (sulfide) groups is 1. The van der Waals surface area contributed by atoms with E-state index in [-0.39, 0.29) is 11.5 Å². The molecule has 0 radical (unpaired) electrons. The third kappa shape index (κ3) is 4.45. The molecule has 2 heterocycles. The number of ether oxygens (including phenoxy) is 1. The molecule has 0 amide bonds. The van der Waals surface area contributed by atoms with Crippen LogP contribution in [0, 0.1) is 0 Å². The van der Waals surface area contributed by atoms with Gasteiger partial charge < -0.3 is 9.84 Å². The predicted molar refractivity (Wildman–Crippen MR) is 108 cm³/mol. The van der Waals surface area contributed by atoms with Crippen LogP contribution in [0.25, 0.3) is 5.52 Å². The molecule has 0 bridgehead atoms. The molecule has 0 saturated heterocycles. The van der Waals surface area contributed by atoms with Gasteiger partial charge in [0.25, 0.3) is 0 Å². The molecule has 0 aliphatic rings. The number of carbonyl (C=O) groups is 1. The Kier molecular flexibility index (Phi) is 6.40. The number of phenolic OH excluding ortho intramolecular Hbond substituents is 1. The number of rotatable bonds is 9. The zero-order valence-corrected chi connectivity index (χ0v) is 16.5. The first-order valence-corrected chi connectivity index (χ1v) is 10.1. The third-order valence-corrected chi connectivity index (χ3v) is 5.43. The Morgan fingerprint density at radius 2 is 2.15 bits per heavy atom. The lowest BCUT2D eigenvalue weighted by Crippen LogP contribution is -2.04. The molecule has 1 aromatic carbocycles. The SMILES string of the molecule is CCCc1c(OCCCSc2cnn3ccccc23)ccc(C(C)=O)c1O. The summed E-state index contributed by atoms with van der Waals surface area (Å²) in [7, 11) is 0. The summed E-state index contributed by atoms with van der Waals surface area (Å²) in [5, 5.41) is 14.7. The lowest BCUT2D eigenvalue weighted by atomic mass is 10.0. The molecular formula is C21H24N2O3S. The molecule has 0 aliphatic heterocycles. The van der Waals surface area contributed by atoms with E-state index in [1.165, 1.54) is 6.92 Å². The van der Waals surface area contributed by atoms with E-state index in [0.29, 0.717) is 24.3 Å². The number of hydrogen-bond donors (Lipinski definition) is 1. The maximum absolute atomic E-state index is 11.6. The fourth-order valence-electron chi connectivity index (χ4n) is 2.97. The smallest absolute Gasteiger partial charge is 0.163 e. The van der Waals surface area contributed by atoms with Gasteiger partial charge in [0.2, 0.25) is 0 Å². The number of aromatic nitrogens is 2. The molecule has 6 heteroatoms. The van der Waals surface area contributed by atoms with Crippen LogP contribution in [0.3, 0.4) is 0 Å². The van der Waals surface area contributed by atoms with Crippen molar-refractivity contribution in [3.8, 4) is 11.5 Å². The molecule has 142 valence electrons. The summed E-state index contributed by atoms with van der Waals surface area (Å²) >= 11 is 1.76.